The van der Waals surface area contributed by atoms with E-state index in [2.05, 4.69) is 47.3 Å². The Morgan fingerprint density at radius 2 is 2.09 bits per heavy atom. The molecule has 23 heavy (non-hydrogen) atoms. The molecule has 1 amide bonds. The molecule has 0 aliphatic carbocycles. The fourth-order valence-electron chi connectivity index (χ4n) is 2.24. The molecule has 2 rings (SSSR count). The number of benzene rings is 1. The first kappa shape index (κ1) is 16.9. The Hall–Kier alpha value is -2.43. The third-order valence-corrected chi connectivity index (χ3v) is 3.62. The highest BCUT2D eigenvalue weighted by atomic mass is 16.2. The summed E-state index contributed by atoms with van der Waals surface area (Å²) >= 11 is 0. The number of amides is 1. The second-order valence-electron chi connectivity index (χ2n) is 5.71. The molecule has 1 aromatic heterocycles. The summed E-state index contributed by atoms with van der Waals surface area (Å²) in [7, 11) is 1.80. The average molecular weight is 312 g/mol. The number of aromatic nitrogens is 2. The van der Waals surface area contributed by atoms with Crippen molar-refractivity contribution in [1.82, 2.24) is 14.9 Å². The van der Waals surface area contributed by atoms with Gasteiger partial charge in [-0.1, -0.05) is 43.2 Å². The number of hydrogen-bond donors (Lipinski definition) is 1. The second-order valence-corrected chi connectivity index (χ2v) is 5.71. The van der Waals surface area contributed by atoms with Crippen molar-refractivity contribution in [2.24, 2.45) is 0 Å². The maximum atomic E-state index is 12.2. The number of carbonyl (C=O) groups excluding carboxylic acids is 1. The molecule has 2 aromatic rings. The maximum absolute atomic E-state index is 12.2. The van der Waals surface area contributed by atoms with Crippen LogP contribution in [0.5, 0.6) is 0 Å². The largest absolute Gasteiger partial charge is 0.365 e. The minimum atomic E-state index is -0.0869. The van der Waals surface area contributed by atoms with Crippen LogP contribution in [0.4, 0.5) is 5.82 Å². The van der Waals surface area contributed by atoms with Crippen LogP contribution in [0.3, 0.4) is 0 Å². The van der Waals surface area contributed by atoms with Crippen molar-refractivity contribution < 1.29 is 4.79 Å². The van der Waals surface area contributed by atoms with E-state index in [0.717, 1.165) is 19.4 Å². The third kappa shape index (κ3) is 5.06. The Morgan fingerprint density at radius 3 is 2.74 bits per heavy atom. The standard InChI is InChI=1S/C18H24N4O/c1-4-5-9-22(3)18(23)16-12-21-17(13-19-16)20-11-15-8-6-7-14(2)10-15/h6-8,10,12-13H,4-5,9,11H2,1-3H3,(H,20,21). The molecule has 0 spiro atoms. The van der Waals surface area contributed by atoms with E-state index < -0.39 is 0 Å². The number of carbonyl (C=O) groups is 1. The van der Waals surface area contributed by atoms with Crippen molar-refractivity contribution in [2.75, 3.05) is 18.9 Å². The van der Waals surface area contributed by atoms with E-state index in [9.17, 15) is 4.79 Å². The number of unbranched alkanes of at least 4 members (excludes halogenated alkanes) is 1. The van der Waals surface area contributed by atoms with Gasteiger partial charge in [-0.3, -0.25) is 4.79 Å². The molecule has 1 aromatic carbocycles. The molecule has 5 heteroatoms. The van der Waals surface area contributed by atoms with Gasteiger partial charge in [0.15, 0.2) is 0 Å². The van der Waals surface area contributed by atoms with Crippen LogP contribution in [0.15, 0.2) is 36.7 Å². The first-order valence-corrected chi connectivity index (χ1v) is 7.97. The van der Waals surface area contributed by atoms with Crippen LogP contribution in [-0.4, -0.2) is 34.4 Å². The van der Waals surface area contributed by atoms with Crippen LogP contribution in [0, 0.1) is 6.92 Å². The van der Waals surface area contributed by atoms with E-state index in [4.69, 9.17) is 0 Å². The summed E-state index contributed by atoms with van der Waals surface area (Å²) in [6.07, 6.45) is 5.19. The fourth-order valence-corrected chi connectivity index (χ4v) is 2.24. The molecule has 0 atom stereocenters. The lowest BCUT2D eigenvalue weighted by Gasteiger charge is -2.16. The lowest BCUT2D eigenvalue weighted by atomic mass is 10.1. The zero-order valence-electron chi connectivity index (χ0n) is 14.0. The van der Waals surface area contributed by atoms with Crippen molar-refractivity contribution in [1.29, 1.82) is 0 Å². The molecular weight excluding hydrogens is 288 g/mol. The number of hydrogen-bond acceptors (Lipinski definition) is 4. The molecule has 0 aliphatic rings. The van der Waals surface area contributed by atoms with Crippen LogP contribution >= 0.6 is 0 Å². The van der Waals surface area contributed by atoms with E-state index in [1.165, 1.54) is 17.3 Å². The summed E-state index contributed by atoms with van der Waals surface area (Å²) < 4.78 is 0. The molecule has 0 saturated heterocycles. The first-order chi connectivity index (χ1) is 11.1. The molecule has 0 radical (unpaired) electrons. The Labute approximate surface area is 137 Å². The Bertz CT molecular complexity index is 640. The normalized spacial score (nSPS) is 10.4. The van der Waals surface area contributed by atoms with Gasteiger partial charge in [0.2, 0.25) is 0 Å². The second kappa shape index (κ2) is 8.27. The quantitative estimate of drug-likeness (QED) is 0.852. The minimum absolute atomic E-state index is 0.0869. The molecule has 122 valence electrons. The Kier molecular flexibility index (Phi) is 6.09. The number of nitrogens with one attached hydrogen (secondary N) is 1. The van der Waals surface area contributed by atoms with Crippen LogP contribution < -0.4 is 5.32 Å². The van der Waals surface area contributed by atoms with Crippen molar-refractivity contribution in [3.05, 3.63) is 53.5 Å². The third-order valence-electron chi connectivity index (χ3n) is 3.62. The number of rotatable bonds is 7. The van der Waals surface area contributed by atoms with Crippen LogP contribution in [-0.2, 0) is 6.54 Å². The van der Waals surface area contributed by atoms with E-state index in [1.807, 2.05) is 6.07 Å². The summed E-state index contributed by atoms with van der Waals surface area (Å²) in [6.45, 7) is 5.59. The van der Waals surface area contributed by atoms with Gasteiger partial charge in [-0.2, -0.15) is 0 Å². The van der Waals surface area contributed by atoms with Crippen LogP contribution in [0.1, 0.15) is 41.4 Å². The van der Waals surface area contributed by atoms with E-state index in [-0.39, 0.29) is 5.91 Å². The molecule has 5 nitrogen and oxygen atoms in total. The van der Waals surface area contributed by atoms with Crippen LogP contribution in [0.25, 0.3) is 0 Å². The predicted molar refractivity (Wildman–Crippen MR) is 92.4 cm³/mol. The SMILES string of the molecule is CCCCN(C)C(=O)c1cnc(NCc2cccc(C)c2)cn1. The summed E-state index contributed by atoms with van der Waals surface area (Å²) in [4.78, 5) is 22.4. The summed E-state index contributed by atoms with van der Waals surface area (Å²) in [5, 5.41) is 3.22. The maximum Gasteiger partial charge on any atom is 0.273 e. The van der Waals surface area contributed by atoms with Crippen molar-refractivity contribution in [2.45, 2.75) is 33.2 Å². The topological polar surface area (TPSA) is 58.1 Å². The summed E-state index contributed by atoms with van der Waals surface area (Å²) in [5.74, 6) is 0.579. The van der Waals surface area contributed by atoms with Gasteiger partial charge in [-0.05, 0) is 18.9 Å². The first-order valence-electron chi connectivity index (χ1n) is 7.97. The molecule has 0 fully saturated rings. The Balaban J connectivity index is 1.92. The number of nitrogens with zero attached hydrogens (tertiary/aromatic N) is 3. The summed E-state index contributed by atoms with van der Waals surface area (Å²) in [5.41, 5.74) is 2.79. The average Bonchev–Trinajstić information content (AvgIpc) is 2.57. The summed E-state index contributed by atoms with van der Waals surface area (Å²) in [6, 6.07) is 8.29. The van der Waals surface area contributed by atoms with Gasteiger partial charge in [0.1, 0.15) is 11.5 Å². The number of anilines is 1. The van der Waals surface area contributed by atoms with Gasteiger partial charge >= 0.3 is 0 Å². The molecule has 0 unspecified atom stereocenters. The van der Waals surface area contributed by atoms with Crippen LogP contribution in [0.2, 0.25) is 0 Å². The predicted octanol–water partition coefficient (Wildman–Crippen LogP) is 3.27. The van der Waals surface area contributed by atoms with Gasteiger partial charge in [0.25, 0.3) is 5.91 Å². The van der Waals surface area contributed by atoms with Crippen molar-refractivity contribution in [3.63, 3.8) is 0 Å². The lowest BCUT2D eigenvalue weighted by molar-refractivity contribution is 0.0787. The monoisotopic (exact) mass is 312 g/mol. The number of aryl methyl sites for hydroxylation is 1. The minimum Gasteiger partial charge on any atom is -0.365 e. The van der Waals surface area contributed by atoms with Crippen molar-refractivity contribution >= 4 is 11.7 Å². The molecule has 0 aliphatic heterocycles. The molecule has 1 heterocycles. The zero-order chi connectivity index (χ0) is 16.7. The molecule has 1 N–H and O–H groups in total. The van der Waals surface area contributed by atoms with Gasteiger partial charge in [0.05, 0.1) is 12.4 Å². The fraction of sp³-hybridized carbons (Fsp3) is 0.389. The van der Waals surface area contributed by atoms with Crippen molar-refractivity contribution in [3.8, 4) is 0 Å². The van der Waals surface area contributed by atoms with E-state index in [1.54, 1.807) is 18.1 Å². The smallest absolute Gasteiger partial charge is 0.273 e. The highest BCUT2D eigenvalue weighted by Crippen LogP contribution is 2.08. The van der Waals surface area contributed by atoms with Gasteiger partial charge in [0, 0.05) is 20.1 Å². The molecular formula is C18H24N4O. The van der Waals surface area contributed by atoms with Gasteiger partial charge in [-0.25, -0.2) is 9.97 Å². The van der Waals surface area contributed by atoms with E-state index >= 15 is 0 Å². The van der Waals surface area contributed by atoms with E-state index in [0.29, 0.717) is 18.1 Å². The highest BCUT2D eigenvalue weighted by Gasteiger charge is 2.12. The van der Waals surface area contributed by atoms with Gasteiger partial charge in [-0.15, -0.1) is 0 Å². The Morgan fingerprint density at radius 1 is 1.26 bits per heavy atom. The lowest BCUT2D eigenvalue weighted by Crippen LogP contribution is -2.28. The zero-order valence-corrected chi connectivity index (χ0v) is 14.0. The highest BCUT2D eigenvalue weighted by molar-refractivity contribution is 5.91. The molecule has 0 saturated carbocycles. The molecule has 0 bridgehead atoms. The van der Waals surface area contributed by atoms with Gasteiger partial charge < -0.3 is 10.2 Å².